The van der Waals surface area contributed by atoms with E-state index in [1.807, 2.05) is 42.5 Å². The molecule has 2 aromatic rings. The fourth-order valence-corrected chi connectivity index (χ4v) is 9.32. The molecule has 7 atom stereocenters. The molecule has 1 aliphatic carbocycles. The van der Waals surface area contributed by atoms with E-state index in [9.17, 15) is 4.79 Å². The van der Waals surface area contributed by atoms with Crippen molar-refractivity contribution in [1.82, 2.24) is 0 Å². The monoisotopic (exact) mass is 678 g/mol. The third-order valence-electron chi connectivity index (χ3n) is 11.9. The Bertz CT molecular complexity index is 1410. The largest absolute Gasteiger partial charge is 0.414 e. The van der Waals surface area contributed by atoms with E-state index in [1.165, 1.54) is 0 Å². The number of ether oxygens (including phenoxy) is 3. The van der Waals surface area contributed by atoms with Crippen molar-refractivity contribution < 1.29 is 27.9 Å². The normalized spacial score (nSPS) is 31.2. The fourth-order valence-electron chi connectivity index (χ4n) is 6.91. The predicted molar refractivity (Wildman–Crippen MR) is 193 cm³/mol. The number of carbonyl (C=O) groups is 1. The highest BCUT2D eigenvalue weighted by Crippen LogP contribution is 2.59. The van der Waals surface area contributed by atoms with Crippen LogP contribution in [0.3, 0.4) is 0 Å². The van der Waals surface area contributed by atoms with Crippen molar-refractivity contribution in [3.8, 4) is 0 Å². The van der Waals surface area contributed by atoms with Gasteiger partial charge in [0, 0.05) is 11.8 Å². The van der Waals surface area contributed by atoms with Crippen molar-refractivity contribution in [3.05, 3.63) is 83.9 Å². The molecule has 1 saturated heterocycles. The highest BCUT2D eigenvalue weighted by Gasteiger charge is 2.71. The Morgan fingerprint density at radius 1 is 0.766 bits per heavy atom. The van der Waals surface area contributed by atoms with Gasteiger partial charge in [-0.05, 0) is 66.0 Å². The van der Waals surface area contributed by atoms with Crippen LogP contribution < -0.4 is 0 Å². The third-order valence-corrected chi connectivity index (χ3v) is 20.9. The minimum atomic E-state index is -2.33. The summed E-state index contributed by atoms with van der Waals surface area (Å²) in [6, 6.07) is 20.5. The van der Waals surface area contributed by atoms with Gasteiger partial charge in [0.05, 0.1) is 32.0 Å². The first-order chi connectivity index (χ1) is 21.8. The molecule has 2 aliphatic heterocycles. The standard InChI is InChI=1S/C39H58O6Si2/c1-28-33(44-47(10,11)37(5,6)7)35(42-26-30-20-16-13-17-21-30)34(41-25-29-18-14-12-15-19-29)31-24-38(23-22-32(40)39(28,31)45-38)27-43-46(8,9)36(2,3)4/h12-23,28,31,33-35H,24-27H2,1-11H3/t28-,31+,33-,34-,35+,38-,39-/m1/s1. The Morgan fingerprint density at radius 3 is 1.79 bits per heavy atom. The molecule has 0 radical (unpaired) electrons. The molecule has 0 aromatic heterocycles. The van der Waals surface area contributed by atoms with E-state index in [4.69, 9.17) is 23.1 Å². The number of hydrogen-bond donors (Lipinski definition) is 0. The molecule has 2 aromatic carbocycles. The quantitative estimate of drug-likeness (QED) is 0.221. The first-order valence-electron chi connectivity index (χ1n) is 17.4. The van der Waals surface area contributed by atoms with Gasteiger partial charge in [-0.25, -0.2) is 0 Å². The van der Waals surface area contributed by atoms with Crippen molar-refractivity contribution >= 4 is 22.4 Å². The lowest BCUT2D eigenvalue weighted by molar-refractivity contribution is -0.240. The fraction of sp³-hybridized carbons (Fsp3) is 0.615. The van der Waals surface area contributed by atoms with Gasteiger partial charge in [-0.1, -0.05) is 109 Å². The Morgan fingerprint density at radius 2 is 1.28 bits per heavy atom. The summed E-state index contributed by atoms with van der Waals surface area (Å²) >= 11 is 0. The highest BCUT2D eigenvalue weighted by molar-refractivity contribution is 6.74. The maximum Gasteiger partial charge on any atom is 0.192 e. The van der Waals surface area contributed by atoms with E-state index in [2.05, 4.69) is 98.9 Å². The van der Waals surface area contributed by atoms with Gasteiger partial charge in [0.15, 0.2) is 22.4 Å². The lowest BCUT2D eigenvalue weighted by Crippen LogP contribution is -2.69. The maximum atomic E-state index is 14.4. The van der Waals surface area contributed by atoms with E-state index in [-0.39, 0.29) is 27.7 Å². The van der Waals surface area contributed by atoms with Gasteiger partial charge in [-0.15, -0.1) is 0 Å². The number of benzene rings is 2. The molecule has 1 spiro atoms. The van der Waals surface area contributed by atoms with Gasteiger partial charge in [-0.3, -0.25) is 4.79 Å². The summed E-state index contributed by atoms with van der Waals surface area (Å²) in [6.07, 6.45) is 3.08. The molecule has 2 bridgehead atoms. The third kappa shape index (κ3) is 7.07. The van der Waals surface area contributed by atoms with E-state index in [0.29, 0.717) is 26.2 Å². The summed E-state index contributed by atoms with van der Waals surface area (Å²) in [5.41, 5.74) is 0.330. The van der Waals surface area contributed by atoms with E-state index in [0.717, 1.165) is 11.1 Å². The van der Waals surface area contributed by atoms with Crippen LogP contribution in [0.4, 0.5) is 0 Å². The Kier molecular flexibility index (Phi) is 10.1. The molecule has 2 fully saturated rings. The van der Waals surface area contributed by atoms with Gasteiger partial charge >= 0.3 is 0 Å². The second kappa shape index (κ2) is 13.1. The van der Waals surface area contributed by atoms with Crippen molar-refractivity contribution in [2.24, 2.45) is 11.8 Å². The molecule has 0 amide bonds. The van der Waals surface area contributed by atoms with Crippen molar-refractivity contribution in [3.63, 3.8) is 0 Å². The number of ketones is 1. The zero-order valence-corrected chi connectivity index (χ0v) is 32.6. The highest BCUT2D eigenvalue weighted by atomic mass is 28.4. The van der Waals surface area contributed by atoms with Crippen molar-refractivity contribution in [2.45, 2.75) is 134 Å². The van der Waals surface area contributed by atoms with Crippen LogP contribution in [0.25, 0.3) is 0 Å². The summed E-state index contributed by atoms with van der Waals surface area (Å²) in [6.45, 7) is 26.0. The topological polar surface area (TPSA) is 63.2 Å². The SMILES string of the molecule is C[C@@H]1[C@@H](O[Si](C)(C)C(C)(C)C)[C@H](OCc2ccccc2)[C@H](OCc2ccccc2)[C@@H]2C[C@@]3(CO[Si](C)(C)C(C)(C)C)C=CC(=O)[C@@]12O3. The number of fused-ring (bicyclic) bond motifs is 1. The lowest BCUT2D eigenvalue weighted by Gasteiger charge is -2.55. The summed E-state index contributed by atoms with van der Waals surface area (Å²) < 4.78 is 35.3. The number of hydrogen-bond acceptors (Lipinski definition) is 6. The molecular weight excluding hydrogens is 621 g/mol. The molecule has 1 saturated carbocycles. The van der Waals surface area contributed by atoms with Crippen LogP contribution in [-0.2, 0) is 41.1 Å². The zero-order chi connectivity index (χ0) is 34.5. The van der Waals surface area contributed by atoms with Gasteiger partial charge < -0.3 is 23.1 Å². The zero-order valence-electron chi connectivity index (χ0n) is 30.6. The van der Waals surface area contributed by atoms with E-state index < -0.39 is 46.1 Å². The lowest BCUT2D eigenvalue weighted by atomic mass is 9.63. The molecule has 258 valence electrons. The van der Waals surface area contributed by atoms with Crippen molar-refractivity contribution in [1.29, 1.82) is 0 Å². The van der Waals surface area contributed by atoms with Crippen LogP contribution in [0, 0.1) is 11.8 Å². The van der Waals surface area contributed by atoms with Gasteiger partial charge in [0.2, 0.25) is 0 Å². The molecule has 5 rings (SSSR count). The minimum Gasteiger partial charge on any atom is -0.414 e. The number of rotatable bonds is 11. The Hall–Kier alpha value is -1.92. The second-order valence-corrected chi connectivity index (χ2v) is 26.7. The van der Waals surface area contributed by atoms with Crippen LogP contribution in [0.15, 0.2) is 72.8 Å². The van der Waals surface area contributed by atoms with E-state index in [1.54, 1.807) is 6.08 Å². The van der Waals surface area contributed by atoms with Gasteiger partial charge in [0.1, 0.15) is 17.3 Å². The summed E-state index contributed by atoms with van der Waals surface area (Å²) in [7, 11) is -4.43. The van der Waals surface area contributed by atoms with Crippen LogP contribution in [0.1, 0.15) is 66.0 Å². The van der Waals surface area contributed by atoms with Crippen molar-refractivity contribution in [2.75, 3.05) is 6.61 Å². The van der Waals surface area contributed by atoms with Gasteiger partial charge in [0.25, 0.3) is 0 Å². The molecule has 2 heterocycles. The summed E-state index contributed by atoms with van der Waals surface area (Å²) in [5, 5.41) is 0.00731. The first kappa shape index (κ1) is 36.4. The molecular formula is C39H58O6Si2. The van der Waals surface area contributed by atoms with Crippen LogP contribution in [-0.4, -0.2) is 58.5 Å². The summed E-state index contributed by atoms with van der Waals surface area (Å²) in [4.78, 5) is 14.4. The minimum absolute atomic E-state index is 0.00546. The van der Waals surface area contributed by atoms with Crippen LogP contribution in [0.2, 0.25) is 36.3 Å². The maximum absolute atomic E-state index is 14.4. The van der Waals surface area contributed by atoms with Crippen LogP contribution in [0.5, 0.6) is 0 Å². The Labute approximate surface area is 285 Å². The molecule has 6 nitrogen and oxygen atoms in total. The Balaban J connectivity index is 1.58. The predicted octanol–water partition coefficient (Wildman–Crippen LogP) is 8.87. The summed E-state index contributed by atoms with van der Waals surface area (Å²) in [5.74, 6) is -0.521. The molecule has 0 unspecified atom stereocenters. The van der Waals surface area contributed by atoms with Gasteiger partial charge in [-0.2, -0.15) is 0 Å². The molecule has 47 heavy (non-hydrogen) atoms. The molecule has 8 heteroatoms. The number of carbonyl (C=O) groups excluding carboxylic acids is 1. The first-order valence-corrected chi connectivity index (χ1v) is 23.2. The average molecular weight is 679 g/mol. The smallest absolute Gasteiger partial charge is 0.192 e. The molecule has 0 N–H and O–H groups in total. The second-order valence-electron chi connectivity index (χ2n) is 17.2. The average Bonchev–Trinajstić information content (AvgIpc) is 3.30. The van der Waals surface area contributed by atoms with Crippen LogP contribution >= 0.6 is 0 Å². The van der Waals surface area contributed by atoms with E-state index >= 15 is 0 Å². The molecule has 3 aliphatic rings.